The number of ether oxygens (including phenoxy) is 2. The fourth-order valence-corrected chi connectivity index (χ4v) is 5.98. The molecule has 3 fully saturated rings. The average molecular weight is 521 g/mol. The zero-order valence-corrected chi connectivity index (χ0v) is 21.8. The number of nitrogens with zero attached hydrogens (tertiary/aromatic N) is 5. The molecule has 0 spiro atoms. The van der Waals surface area contributed by atoms with Crippen LogP contribution in [0.25, 0.3) is 11.3 Å². The van der Waals surface area contributed by atoms with E-state index in [9.17, 15) is 10.2 Å². The Morgan fingerprint density at radius 1 is 1.13 bits per heavy atom. The number of aliphatic hydroxyl groups is 2. The first kappa shape index (κ1) is 25.2. The van der Waals surface area contributed by atoms with Crippen LogP contribution in [0.5, 0.6) is 11.6 Å². The number of piperidine rings is 1. The Morgan fingerprint density at radius 2 is 1.95 bits per heavy atom. The van der Waals surface area contributed by atoms with Gasteiger partial charge in [-0.05, 0) is 80.9 Å². The van der Waals surface area contributed by atoms with Crippen LogP contribution in [0.1, 0.15) is 55.2 Å². The molecule has 1 saturated carbocycles. The minimum atomic E-state index is -1.03. The highest BCUT2D eigenvalue weighted by Crippen LogP contribution is 2.43. The van der Waals surface area contributed by atoms with Crippen LogP contribution in [-0.2, 0) is 10.3 Å². The van der Waals surface area contributed by atoms with Crippen molar-refractivity contribution in [2.75, 3.05) is 45.7 Å². The Hall–Kier alpha value is -3.05. The van der Waals surface area contributed by atoms with Gasteiger partial charge >= 0.3 is 0 Å². The molecule has 4 N–H and O–H groups in total. The van der Waals surface area contributed by atoms with Gasteiger partial charge in [-0.1, -0.05) is 12.5 Å². The van der Waals surface area contributed by atoms with Crippen molar-refractivity contribution < 1.29 is 19.7 Å². The number of nitrogens with two attached hydrogens (primary N) is 1. The molecule has 2 aromatic heterocycles. The highest BCUT2D eigenvalue weighted by atomic mass is 16.5. The van der Waals surface area contributed by atoms with E-state index in [0.29, 0.717) is 17.5 Å². The van der Waals surface area contributed by atoms with Crippen LogP contribution in [0.4, 0.5) is 5.82 Å². The van der Waals surface area contributed by atoms with Gasteiger partial charge in [0.05, 0.1) is 43.5 Å². The molecule has 1 unspecified atom stereocenters. The standard InChI is InChI=1S/C28H36N6O4/c1-33-7-5-22(6-8-33)34-14-23(12-31-34)38-27-26(29)30-13-25(32-27)20-9-19(24-4-2-3-18(24)15-35)10-21(11-20)28(36)16-37-17-28/h9-14,18,22,24,35-36H,2-8,15-17H2,1H3,(H2,29,30)/t18-,24?/m0/s1. The second-order valence-electron chi connectivity index (χ2n) is 11.1. The van der Waals surface area contributed by atoms with E-state index in [4.69, 9.17) is 20.2 Å². The molecule has 0 radical (unpaired) electrons. The second kappa shape index (κ2) is 10.3. The quantitative estimate of drug-likeness (QED) is 0.430. The van der Waals surface area contributed by atoms with E-state index >= 15 is 0 Å². The number of rotatable bonds is 7. The fraction of sp³-hybridized carbons (Fsp3) is 0.536. The highest BCUT2D eigenvalue weighted by Gasteiger charge is 2.39. The lowest BCUT2D eigenvalue weighted by molar-refractivity contribution is -0.184. The lowest BCUT2D eigenvalue weighted by Crippen LogP contribution is -2.46. The van der Waals surface area contributed by atoms with Crippen LogP contribution in [0.3, 0.4) is 0 Å². The smallest absolute Gasteiger partial charge is 0.263 e. The van der Waals surface area contributed by atoms with Gasteiger partial charge < -0.3 is 30.3 Å². The summed E-state index contributed by atoms with van der Waals surface area (Å²) in [6.45, 7) is 2.76. The molecule has 1 aliphatic carbocycles. The Labute approximate surface area is 222 Å². The molecule has 202 valence electrons. The fourth-order valence-electron chi connectivity index (χ4n) is 5.98. The van der Waals surface area contributed by atoms with Crippen LogP contribution >= 0.6 is 0 Å². The summed E-state index contributed by atoms with van der Waals surface area (Å²) in [5.41, 5.74) is 8.44. The number of hydrogen-bond acceptors (Lipinski definition) is 9. The minimum Gasteiger partial charge on any atom is -0.433 e. The van der Waals surface area contributed by atoms with Gasteiger partial charge in [0.15, 0.2) is 11.6 Å². The predicted molar refractivity (Wildman–Crippen MR) is 142 cm³/mol. The topological polar surface area (TPSA) is 132 Å². The van der Waals surface area contributed by atoms with E-state index in [-0.39, 0.29) is 43.4 Å². The maximum Gasteiger partial charge on any atom is 0.263 e. The molecule has 38 heavy (non-hydrogen) atoms. The maximum atomic E-state index is 11.1. The minimum absolute atomic E-state index is 0.155. The van der Waals surface area contributed by atoms with Gasteiger partial charge in [-0.3, -0.25) is 4.68 Å². The van der Waals surface area contributed by atoms with Gasteiger partial charge in [-0.25, -0.2) is 9.97 Å². The Balaban J connectivity index is 1.30. The monoisotopic (exact) mass is 520 g/mol. The van der Waals surface area contributed by atoms with E-state index in [0.717, 1.165) is 61.9 Å². The molecule has 1 aromatic carbocycles. The number of aliphatic hydroxyl groups excluding tert-OH is 1. The third kappa shape index (κ3) is 4.89. The Kier molecular flexibility index (Phi) is 6.81. The van der Waals surface area contributed by atoms with Crippen molar-refractivity contribution in [2.45, 2.75) is 49.7 Å². The lowest BCUT2D eigenvalue weighted by Gasteiger charge is -2.37. The summed E-state index contributed by atoms with van der Waals surface area (Å²) >= 11 is 0. The van der Waals surface area contributed by atoms with Crippen LogP contribution in [-0.4, -0.2) is 74.8 Å². The van der Waals surface area contributed by atoms with E-state index < -0.39 is 5.60 Å². The molecule has 2 atom stereocenters. The summed E-state index contributed by atoms with van der Waals surface area (Å²) in [4.78, 5) is 11.4. The zero-order chi connectivity index (χ0) is 26.3. The SMILES string of the molecule is CN1CCC(n2cc(Oc3nc(-c4cc(C5CCC[C@H]5CO)cc(C5(O)COC5)c4)cnc3N)cn2)CC1. The van der Waals surface area contributed by atoms with Crippen molar-refractivity contribution in [3.63, 3.8) is 0 Å². The van der Waals surface area contributed by atoms with E-state index in [1.165, 1.54) is 0 Å². The Bertz CT molecular complexity index is 1280. The second-order valence-corrected chi connectivity index (χ2v) is 11.1. The summed E-state index contributed by atoms with van der Waals surface area (Å²) in [5.74, 6) is 1.42. The van der Waals surface area contributed by atoms with Gasteiger partial charge in [-0.15, -0.1) is 0 Å². The zero-order valence-electron chi connectivity index (χ0n) is 21.8. The van der Waals surface area contributed by atoms with E-state index in [1.54, 1.807) is 12.4 Å². The van der Waals surface area contributed by atoms with Crippen molar-refractivity contribution >= 4 is 5.82 Å². The first-order valence-corrected chi connectivity index (χ1v) is 13.5. The molecule has 3 aromatic rings. The van der Waals surface area contributed by atoms with Crippen molar-refractivity contribution in [1.29, 1.82) is 0 Å². The average Bonchev–Trinajstić information content (AvgIpc) is 3.58. The summed E-state index contributed by atoms with van der Waals surface area (Å²) in [5, 5.41) is 25.6. The third-order valence-corrected chi connectivity index (χ3v) is 8.41. The summed E-state index contributed by atoms with van der Waals surface area (Å²) in [6, 6.07) is 6.44. The van der Waals surface area contributed by atoms with Gasteiger partial charge in [0.25, 0.3) is 5.88 Å². The van der Waals surface area contributed by atoms with Gasteiger partial charge in [0.2, 0.25) is 0 Å². The van der Waals surface area contributed by atoms with Crippen molar-refractivity contribution in [2.24, 2.45) is 5.92 Å². The molecule has 6 rings (SSSR count). The summed E-state index contributed by atoms with van der Waals surface area (Å²) in [6.07, 6.45) is 10.4. The molecule has 3 aliphatic rings. The molecule has 0 bridgehead atoms. The summed E-state index contributed by atoms with van der Waals surface area (Å²) < 4.78 is 13.4. The van der Waals surface area contributed by atoms with E-state index in [1.807, 2.05) is 16.9 Å². The van der Waals surface area contributed by atoms with Crippen molar-refractivity contribution in [3.05, 3.63) is 47.9 Å². The van der Waals surface area contributed by atoms with Crippen LogP contribution < -0.4 is 10.5 Å². The predicted octanol–water partition coefficient (Wildman–Crippen LogP) is 3.08. The highest BCUT2D eigenvalue weighted by molar-refractivity contribution is 5.64. The summed E-state index contributed by atoms with van der Waals surface area (Å²) in [7, 11) is 2.14. The van der Waals surface area contributed by atoms with Crippen molar-refractivity contribution in [1.82, 2.24) is 24.6 Å². The molecule has 10 heteroatoms. The van der Waals surface area contributed by atoms with Gasteiger partial charge in [0, 0.05) is 12.2 Å². The molecule has 0 amide bonds. The lowest BCUT2D eigenvalue weighted by atomic mass is 9.83. The molecular weight excluding hydrogens is 484 g/mol. The van der Waals surface area contributed by atoms with Crippen LogP contribution in [0.15, 0.2) is 36.8 Å². The van der Waals surface area contributed by atoms with Gasteiger partial charge in [-0.2, -0.15) is 5.10 Å². The maximum absolute atomic E-state index is 11.1. The van der Waals surface area contributed by atoms with E-state index in [2.05, 4.69) is 34.2 Å². The third-order valence-electron chi connectivity index (χ3n) is 8.41. The number of nitrogen functional groups attached to an aromatic ring is 1. The molecule has 2 aliphatic heterocycles. The number of hydrogen-bond donors (Lipinski definition) is 3. The number of aromatic nitrogens is 4. The molecule has 4 heterocycles. The number of likely N-dealkylation sites (tertiary alicyclic amines) is 1. The molecule has 10 nitrogen and oxygen atoms in total. The normalized spacial score (nSPS) is 23.9. The van der Waals surface area contributed by atoms with Gasteiger partial charge in [0.1, 0.15) is 5.60 Å². The number of benzene rings is 1. The molecule has 2 saturated heterocycles. The first-order chi connectivity index (χ1) is 18.4. The first-order valence-electron chi connectivity index (χ1n) is 13.5. The number of anilines is 1. The van der Waals surface area contributed by atoms with Crippen molar-refractivity contribution in [3.8, 4) is 22.9 Å². The van der Waals surface area contributed by atoms with Crippen LogP contribution in [0, 0.1) is 5.92 Å². The molecular formula is C28H36N6O4. The largest absolute Gasteiger partial charge is 0.433 e. The van der Waals surface area contributed by atoms with Crippen LogP contribution in [0.2, 0.25) is 0 Å². The Morgan fingerprint density at radius 3 is 2.68 bits per heavy atom.